The lowest BCUT2D eigenvalue weighted by Gasteiger charge is -2.22. The minimum absolute atomic E-state index is 0.0471. The molecule has 2 heterocycles. The second kappa shape index (κ2) is 8.68. The van der Waals surface area contributed by atoms with E-state index in [-0.39, 0.29) is 5.56 Å². The lowest BCUT2D eigenvalue weighted by molar-refractivity contribution is -0.903. The zero-order chi connectivity index (χ0) is 19.2. The van der Waals surface area contributed by atoms with Crippen LogP contribution in [-0.2, 0) is 0 Å². The van der Waals surface area contributed by atoms with Crippen LogP contribution in [0.3, 0.4) is 0 Å². The van der Waals surface area contributed by atoms with Crippen molar-refractivity contribution < 1.29 is 14.7 Å². The summed E-state index contributed by atoms with van der Waals surface area (Å²) in [6, 6.07) is 6.76. The van der Waals surface area contributed by atoms with Gasteiger partial charge in [0.05, 0.1) is 39.0 Å². The smallest absolute Gasteiger partial charge is 0.335 e. The molecule has 27 heavy (non-hydrogen) atoms. The number of aliphatic imine (C=N–C) groups is 1. The Morgan fingerprint density at radius 2 is 2.00 bits per heavy atom. The third-order valence-corrected chi connectivity index (χ3v) is 4.82. The molecule has 0 saturated carbocycles. The SMILES string of the molecule is COc1ccccc1-n1c(O)c(C=NCC[NH+]2CCCCC2)c(=O)[nH]c1=O. The fraction of sp³-hybridized carbons (Fsp3) is 0.421. The molecule has 0 bridgehead atoms. The van der Waals surface area contributed by atoms with Gasteiger partial charge < -0.3 is 14.7 Å². The molecule has 1 aromatic heterocycles. The van der Waals surface area contributed by atoms with Gasteiger partial charge in [0.15, 0.2) is 0 Å². The summed E-state index contributed by atoms with van der Waals surface area (Å²) in [6.45, 7) is 3.75. The number of nitrogens with one attached hydrogen (secondary N) is 2. The largest absolute Gasteiger partial charge is 0.495 e. The van der Waals surface area contributed by atoms with Gasteiger partial charge in [0.1, 0.15) is 11.3 Å². The highest BCUT2D eigenvalue weighted by atomic mass is 16.5. The van der Waals surface area contributed by atoms with E-state index in [2.05, 4.69) is 9.98 Å². The molecule has 0 aliphatic carbocycles. The quantitative estimate of drug-likeness (QED) is 0.607. The summed E-state index contributed by atoms with van der Waals surface area (Å²) in [5, 5.41) is 10.6. The van der Waals surface area contributed by atoms with Gasteiger partial charge in [-0.1, -0.05) is 12.1 Å². The number of hydrogen-bond donors (Lipinski definition) is 3. The Bertz CT molecular complexity index is 926. The van der Waals surface area contributed by atoms with E-state index in [1.54, 1.807) is 24.3 Å². The van der Waals surface area contributed by atoms with Gasteiger partial charge >= 0.3 is 5.69 Å². The van der Waals surface area contributed by atoms with Crippen LogP contribution >= 0.6 is 0 Å². The third-order valence-electron chi connectivity index (χ3n) is 4.82. The van der Waals surface area contributed by atoms with Crippen LogP contribution in [0.25, 0.3) is 5.69 Å². The summed E-state index contributed by atoms with van der Waals surface area (Å²) in [4.78, 5) is 32.4. The Morgan fingerprint density at radius 1 is 1.26 bits per heavy atom. The lowest BCUT2D eigenvalue weighted by Crippen LogP contribution is -3.13. The lowest BCUT2D eigenvalue weighted by atomic mass is 10.1. The zero-order valence-corrected chi connectivity index (χ0v) is 15.4. The average Bonchev–Trinajstić information content (AvgIpc) is 2.68. The Hall–Kier alpha value is -2.87. The molecule has 0 amide bonds. The fourth-order valence-corrected chi connectivity index (χ4v) is 3.37. The molecule has 1 saturated heterocycles. The normalized spacial score (nSPS) is 15.3. The van der Waals surface area contributed by atoms with Gasteiger partial charge in [-0.05, 0) is 31.4 Å². The van der Waals surface area contributed by atoms with E-state index in [1.165, 1.54) is 37.5 Å². The van der Waals surface area contributed by atoms with Crippen molar-refractivity contribution in [3.63, 3.8) is 0 Å². The topological polar surface area (TPSA) is 101 Å². The third kappa shape index (κ3) is 4.28. The van der Waals surface area contributed by atoms with Crippen molar-refractivity contribution in [2.24, 2.45) is 4.99 Å². The van der Waals surface area contributed by atoms with Crippen molar-refractivity contribution in [3.05, 3.63) is 50.7 Å². The van der Waals surface area contributed by atoms with Crippen molar-refractivity contribution in [2.75, 3.05) is 33.3 Å². The van der Waals surface area contributed by atoms with E-state index in [4.69, 9.17) is 4.74 Å². The fourth-order valence-electron chi connectivity index (χ4n) is 3.37. The summed E-state index contributed by atoms with van der Waals surface area (Å²) in [5.41, 5.74) is -1.12. The Kier molecular flexibility index (Phi) is 6.08. The van der Waals surface area contributed by atoms with Crippen LogP contribution in [0.1, 0.15) is 24.8 Å². The second-order valence-corrected chi connectivity index (χ2v) is 6.60. The van der Waals surface area contributed by atoms with Crippen molar-refractivity contribution in [1.29, 1.82) is 0 Å². The Balaban J connectivity index is 1.87. The first-order chi connectivity index (χ1) is 13.1. The monoisotopic (exact) mass is 373 g/mol. The van der Waals surface area contributed by atoms with E-state index in [1.807, 2.05) is 0 Å². The number of nitrogens with zero attached hydrogens (tertiary/aromatic N) is 2. The van der Waals surface area contributed by atoms with Gasteiger partial charge in [-0.3, -0.25) is 14.8 Å². The van der Waals surface area contributed by atoms with Gasteiger partial charge in [-0.2, -0.15) is 0 Å². The zero-order valence-electron chi connectivity index (χ0n) is 15.4. The number of methoxy groups -OCH3 is 1. The first-order valence-electron chi connectivity index (χ1n) is 9.17. The van der Waals surface area contributed by atoms with Crippen LogP contribution in [0.4, 0.5) is 0 Å². The first-order valence-corrected chi connectivity index (χ1v) is 9.17. The van der Waals surface area contributed by atoms with Crippen molar-refractivity contribution in [2.45, 2.75) is 19.3 Å². The van der Waals surface area contributed by atoms with E-state index in [0.717, 1.165) is 24.2 Å². The molecule has 0 spiro atoms. The number of aromatic hydroxyl groups is 1. The Labute approximate surface area is 156 Å². The summed E-state index contributed by atoms with van der Waals surface area (Å²) in [5.74, 6) is -0.0548. The molecule has 1 aliphatic rings. The van der Waals surface area contributed by atoms with Gasteiger partial charge in [0.25, 0.3) is 5.56 Å². The van der Waals surface area contributed by atoms with Crippen LogP contribution in [0, 0.1) is 0 Å². The van der Waals surface area contributed by atoms with Crippen LogP contribution in [0.5, 0.6) is 11.6 Å². The molecule has 0 radical (unpaired) electrons. The van der Waals surface area contributed by atoms with Gasteiger partial charge in [-0.25, -0.2) is 9.36 Å². The van der Waals surface area contributed by atoms with Crippen LogP contribution in [0.2, 0.25) is 0 Å². The minimum atomic E-state index is -0.739. The number of likely N-dealkylation sites (tertiary alicyclic amines) is 1. The number of para-hydroxylation sites is 2. The van der Waals surface area contributed by atoms with Gasteiger partial charge in [0.2, 0.25) is 5.88 Å². The summed E-state index contributed by atoms with van der Waals surface area (Å²) in [7, 11) is 1.47. The predicted molar refractivity (Wildman–Crippen MR) is 103 cm³/mol. The number of H-pyrrole nitrogens is 1. The number of quaternary nitrogens is 1. The van der Waals surface area contributed by atoms with Crippen molar-refractivity contribution in [3.8, 4) is 17.3 Å². The highest BCUT2D eigenvalue weighted by Crippen LogP contribution is 2.24. The molecule has 3 rings (SSSR count). The number of aromatic nitrogens is 2. The van der Waals surface area contributed by atoms with Crippen LogP contribution < -0.4 is 20.9 Å². The molecule has 1 fully saturated rings. The van der Waals surface area contributed by atoms with Crippen LogP contribution in [0.15, 0.2) is 38.8 Å². The highest BCUT2D eigenvalue weighted by Gasteiger charge is 2.17. The number of aromatic amines is 1. The average molecular weight is 373 g/mol. The van der Waals surface area contributed by atoms with Crippen molar-refractivity contribution >= 4 is 6.21 Å². The molecular formula is C19H25N4O4+. The highest BCUT2D eigenvalue weighted by molar-refractivity contribution is 5.82. The van der Waals surface area contributed by atoms with E-state index in [0.29, 0.717) is 18.0 Å². The molecule has 3 N–H and O–H groups in total. The van der Waals surface area contributed by atoms with E-state index in [9.17, 15) is 14.7 Å². The number of piperidine rings is 1. The second-order valence-electron chi connectivity index (χ2n) is 6.60. The van der Waals surface area contributed by atoms with Gasteiger partial charge in [0, 0.05) is 6.21 Å². The van der Waals surface area contributed by atoms with Crippen LogP contribution in [-0.4, -0.2) is 54.2 Å². The molecule has 8 nitrogen and oxygen atoms in total. The number of ether oxygens (including phenoxy) is 1. The maximum absolute atomic E-state index is 12.3. The molecule has 1 aliphatic heterocycles. The molecule has 0 unspecified atom stereocenters. The Morgan fingerprint density at radius 3 is 2.74 bits per heavy atom. The molecule has 2 aromatic rings. The maximum atomic E-state index is 12.3. The summed E-state index contributed by atoms with van der Waals surface area (Å²) >= 11 is 0. The molecule has 144 valence electrons. The predicted octanol–water partition coefficient (Wildman–Crippen LogP) is -0.272. The molecule has 8 heteroatoms. The number of rotatable bonds is 6. The molecule has 0 atom stereocenters. The standard InChI is InChI=1S/C19H24N4O4/c1-27-16-8-4-3-7-15(16)23-18(25)14(17(24)21-19(23)26)13-20-9-12-22-10-5-2-6-11-22/h3-4,7-8,13,25H,2,5-6,9-12H2,1H3,(H,21,24,26)/p+1. The van der Waals surface area contributed by atoms with E-state index >= 15 is 0 Å². The number of hydrogen-bond acceptors (Lipinski definition) is 5. The molecule has 1 aromatic carbocycles. The van der Waals surface area contributed by atoms with Crippen molar-refractivity contribution in [1.82, 2.24) is 9.55 Å². The van der Waals surface area contributed by atoms with Gasteiger partial charge in [-0.15, -0.1) is 0 Å². The van der Waals surface area contributed by atoms with E-state index < -0.39 is 17.1 Å². The minimum Gasteiger partial charge on any atom is -0.495 e. The number of benzene rings is 1. The molecular weight excluding hydrogens is 348 g/mol. The summed E-state index contributed by atoms with van der Waals surface area (Å²) in [6.07, 6.45) is 5.11. The first kappa shape index (κ1) is 18.9. The maximum Gasteiger partial charge on any atom is 0.335 e. The summed E-state index contributed by atoms with van der Waals surface area (Å²) < 4.78 is 6.26.